The zero-order chi connectivity index (χ0) is 19.7. The van der Waals surface area contributed by atoms with Crippen LogP contribution in [0.25, 0.3) is 0 Å². The molecule has 0 radical (unpaired) electrons. The van der Waals surface area contributed by atoms with Crippen LogP contribution in [0.2, 0.25) is 0 Å². The van der Waals surface area contributed by atoms with Crippen molar-refractivity contribution >= 4 is 34.8 Å². The first-order valence-electron chi connectivity index (χ1n) is 8.58. The Morgan fingerprint density at radius 1 is 1.11 bits per heavy atom. The van der Waals surface area contributed by atoms with E-state index in [4.69, 9.17) is 14.6 Å². The average Bonchev–Trinajstić information content (AvgIpc) is 3.36. The summed E-state index contributed by atoms with van der Waals surface area (Å²) < 4.78 is 10.5. The summed E-state index contributed by atoms with van der Waals surface area (Å²) in [4.78, 5) is 37.5. The SMILES string of the molecule is O=C(Nc1ccc2c(c1)OCO2)c1nnc(C(=O)N2CCC(C(=O)O)CC2)s1. The van der Waals surface area contributed by atoms with Crippen LogP contribution < -0.4 is 14.8 Å². The minimum absolute atomic E-state index is 0.0569. The van der Waals surface area contributed by atoms with Crippen molar-refractivity contribution in [1.82, 2.24) is 15.1 Å². The first kappa shape index (κ1) is 18.2. The Balaban J connectivity index is 1.39. The molecule has 1 fully saturated rings. The van der Waals surface area contributed by atoms with E-state index in [1.165, 1.54) is 0 Å². The molecule has 0 spiro atoms. The maximum absolute atomic E-state index is 12.5. The van der Waals surface area contributed by atoms with Crippen LogP contribution in [-0.2, 0) is 4.79 Å². The number of anilines is 1. The molecule has 4 rings (SSSR count). The molecular formula is C17H16N4O6S. The first-order valence-corrected chi connectivity index (χ1v) is 9.39. The number of aromatic nitrogens is 2. The number of nitrogens with zero attached hydrogens (tertiary/aromatic N) is 3. The molecule has 1 aromatic carbocycles. The first-order chi connectivity index (χ1) is 13.5. The summed E-state index contributed by atoms with van der Waals surface area (Å²) in [6.07, 6.45) is 0.800. The maximum Gasteiger partial charge on any atom is 0.306 e. The number of aliphatic carboxylic acids is 1. The number of carboxylic acid groups (broad SMARTS) is 1. The van der Waals surface area contributed by atoms with Crippen LogP contribution in [0.15, 0.2) is 18.2 Å². The molecule has 28 heavy (non-hydrogen) atoms. The number of carbonyl (C=O) groups is 3. The van der Waals surface area contributed by atoms with Crippen molar-refractivity contribution in [2.45, 2.75) is 12.8 Å². The van der Waals surface area contributed by atoms with Gasteiger partial charge < -0.3 is 24.8 Å². The van der Waals surface area contributed by atoms with Gasteiger partial charge in [-0.05, 0) is 25.0 Å². The lowest BCUT2D eigenvalue weighted by molar-refractivity contribution is -0.143. The molecule has 10 nitrogen and oxygen atoms in total. The number of carboxylic acids is 1. The zero-order valence-corrected chi connectivity index (χ0v) is 15.4. The summed E-state index contributed by atoms with van der Waals surface area (Å²) >= 11 is 0.897. The Morgan fingerprint density at radius 3 is 2.57 bits per heavy atom. The number of likely N-dealkylation sites (tertiary alicyclic amines) is 1. The Labute approximate surface area is 163 Å². The molecule has 3 heterocycles. The van der Waals surface area contributed by atoms with E-state index in [1.807, 2.05) is 0 Å². The van der Waals surface area contributed by atoms with E-state index in [1.54, 1.807) is 23.1 Å². The molecule has 2 amide bonds. The fourth-order valence-electron chi connectivity index (χ4n) is 3.03. The van der Waals surface area contributed by atoms with Crippen LogP contribution in [0.1, 0.15) is 32.4 Å². The molecule has 1 aromatic heterocycles. The Morgan fingerprint density at radius 2 is 1.82 bits per heavy atom. The minimum atomic E-state index is -0.842. The smallest absolute Gasteiger partial charge is 0.306 e. The molecule has 146 valence electrons. The van der Waals surface area contributed by atoms with Gasteiger partial charge in [0.15, 0.2) is 11.5 Å². The molecule has 2 aliphatic heterocycles. The molecule has 1 saturated heterocycles. The standard InChI is InChI=1S/C17H16N4O6S/c22-13(18-10-1-2-11-12(7-10)27-8-26-11)14-19-20-15(28-14)16(23)21-5-3-9(4-6-21)17(24)25/h1-2,7,9H,3-6,8H2,(H,18,22)(H,24,25). The highest BCUT2D eigenvalue weighted by Gasteiger charge is 2.29. The normalized spacial score (nSPS) is 16.1. The molecule has 0 aliphatic carbocycles. The van der Waals surface area contributed by atoms with Crippen LogP contribution >= 0.6 is 11.3 Å². The number of ether oxygens (including phenoxy) is 2. The number of hydrogen-bond donors (Lipinski definition) is 2. The van der Waals surface area contributed by atoms with Crippen LogP contribution in [0.5, 0.6) is 11.5 Å². The van der Waals surface area contributed by atoms with E-state index in [-0.39, 0.29) is 22.7 Å². The van der Waals surface area contributed by atoms with Crippen LogP contribution in [-0.4, -0.2) is 57.9 Å². The van der Waals surface area contributed by atoms with Gasteiger partial charge >= 0.3 is 5.97 Å². The lowest BCUT2D eigenvalue weighted by atomic mass is 9.97. The fourth-order valence-corrected chi connectivity index (χ4v) is 3.73. The summed E-state index contributed by atoms with van der Waals surface area (Å²) in [5.41, 5.74) is 0.507. The molecular weight excluding hydrogens is 388 g/mol. The van der Waals surface area contributed by atoms with Gasteiger partial charge in [0.05, 0.1) is 5.92 Å². The van der Waals surface area contributed by atoms with Crippen LogP contribution in [0.4, 0.5) is 5.69 Å². The number of rotatable bonds is 4. The number of hydrogen-bond acceptors (Lipinski definition) is 8. The van der Waals surface area contributed by atoms with E-state index >= 15 is 0 Å². The summed E-state index contributed by atoms with van der Waals surface area (Å²) in [6.45, 7) is 0.820. The number of fused-ring (bicyclic) bond motifs is 1. The molecule has 0 unspecified atom stereocenters. The van der Waals surface area contributed by atoms with Gasteiger partial charge in [-0.15, -0.1) is 10.2 Å². The highest BCUT2D eigenvalue weighted by molar-refractivity contribution is 7.15. The van der Waals surface area contributed by atoms with E-state index in [0.29, 0.717) is 43.1 Å². The predicted molar refractivity (Wildman–Crippen MR) is 96.7 cm³/mol. The lowest BCUT2D eigenvalue weighted by Crippen LogP contribution is -2.40. The van der Waals surface area contributed by atoms with Gasteiger partial charge in [0.2, 0.25) is 16.8 Å². The lowest BCUT2D eigenvalue weighted by Gasteiger charge is -2.29. The predicted octanol–water partition coefficient (Wildman–Crippen LogP) is 1.46. The molecule has 0 saturated carbocycles. The van der Waals surface area contributed by atoms with Gasteiger partial charge in [-0.2, -0.15) is 0 Å². The van der Waals surface area contributed by atoms with Gasteiger partial charge in [-0.1, -0.05) is 11.3 Å². The van der Waals surface area contributed by atoms with Crippen LogP contribution in [0.3, 0.4) is 0 Å². The van der Waals surface area contributed by atoms with E-state index < -0.39 is 17.8 Å². The third kappa shape index (κ3) is 3.60. The summed E-state index contributed by atoms with van der Waals surface area (Å²) in [7, 11) is 0. The Kier molecular flexibility index (Phi) is 4.82. The third-order valence-corrected chi connectivity index (χ3v) is 5.47. The highest BCUT2D eigenvalue weighted by Crippen LogP contribution is 2.34. The van der Waals surface area contributed by atoms with Crippen molar-refractivity contribution in [3.8, 4) is 11.5 Å². The quantitative estimate of drug-likeness (QED) is 0.783. The summed E-state index contributed by atoms with van der Waals surface area (Å²) in [5.74, 6) is -0.959. The van der Waals surface area contributed by atoms with Crippen LogP contribution in [0, 0.1) is 5.92 Å². The second kappa shape index (κ2) is 7.43. The summed E-state index contributed by atoms with van der Waals surface area (Å²) in [5, 5.41) is 19.5. The number of carbonyl (C=O) groups excluding carboxylic acids is 2. The van der Waals surface area contributed by atoms with Gasteiger partial charge in [0, 0.05) is 24.8 Å². The van der Waals surface area contributed by atoms with E-state index in [9.17, 15) is 14.4 Å². The largest absolute Gasteiger partial charge is 0.481 e. The number of benzene rings is 1. The maximum atomic E-state index is 12.5. The molecule has 0 atom stereocenters. The highest BCUT2D eigenvalue weighted by atomic mass is 32.1. The molecule has 2 aromatic rings. The second-order valence-electron chi connectivity index (χ2n) is 6.34. The summed E-state index contributed by atoms with van der Waals surface area (Å²) in [6, 6.07) is 5.00. The Bertz CT molecular complexity index is 937. The Hall–Kier alpha value is -3.21. The number of nitrogens with one attached hydrogen (secondary N) is 1. The van der Waals surface area contributed by atoms with Crippen molar-refractivity contribution in [3.05, 3.63) is 28.2 Å². The fraction of sp³-hybridized carbons (Fsp3) is 0.353. The number of piperidine rings is 1. The minimum Gasteiger partial charge on any atom is -0.481 e. The monoisotopic (exact) mass is 404 g/mol. The van der Waals surface area contributed by atoms with Gasteiger partial charge in [-0.25, -0.2) is 0 Å². The van der Waals surface area contributed by atoms with Crippen molar-refractivity contribution < 1.29 is 29.0 Å². The topological polar surface area (TPSA) is 131 Å². The molecule has 2 N–H and O–H groups in total. The van der Waals surface area contributed by atoms with Gasteiger partial charge in [0.1, 0.15) is 0 Å². The number of amides is 2. The molecule has 0 bridgehead atoms. The average molecular weight is 404 g/mol. The van der Waals surface area contributed by atoms with Crippen molar-refractivity contribution in [1.29, 1.82) is 0 Å². The van der Waals surface area contributed by atoms with E-state index in [0.717, 1.165) is 11.3 Å². The zero-order valence-electron chi connectivity index (χ0n) is 14.6. The van der Waals surface area contributed by atoms with Crippen molar-refractivity contribution in [2.75, 3.05) is 25.2 Å². The van der Waals surface area contributed by atoms with Crippen molar-refractivity contribution in [2.24, 2.45) is 5.92 Å². The molecule has 11 heteroatoms. The van der Waals surface area contributed by atoms with Gasteiger partial charge in [0.25, 0.3) is 11.8 Å². The van der Waals surface area contributed by atoms with Crippen molar-refractivity contribution in [3.63, 3.8) is 0 Å². The third-order valence-electron chi connectivity index (χ3n) is 4.56. The van der Waals surface area contributed by atoms with E-state index in [2.05, 4.69) is 15.5 Å². The molecule has 2 aliphatic rings. The second-order valence-corrected chi connectivity index (χ2v) is 7.32. The van der Waals surface area contributed by atoms with Gasteiger partial charge in [-0.3, -0.25) is 14.4 Å².